The summed E-state index contributed by atoms with van der Waals surface area (Å²) in [4.78, 5) is 0.980. The summed E-state index contributed by atoms with van der Waals surface area (Å²) in [5.74, 6) is 0.381. The molecule has 3 heteroatoms. The fourth-order valence-electron chi connectivity index (χ4n) is 5.67. The summed E-state index contributed by atoms with van der Waals surface area (Å²) >= 11 is 4.73. The number of phenols is 1. The summed E-state index contributed by atoms with van der Waals surface area (Å²) in [7, 11) is 0. The highest BCUT2D eigenvalue weighted by Gasteiger charge is 2.46. The molecule has 166 valence electrons. The van der Waals surface area contributed by atoms with E-state index in [0.717, 1.165) is 22.4 Å². The summed E-state index contributed by atoms with van der Waals surface area (Å²) in [6, 6.07) is 9.02. The van der Waals surface area contributed by atoms with Gasteiger partial charge in [-0.1, -0.05) is 47.6 Å². The lowest BCUT2D eigenvalue weighted by atomic mass is 9.57. The molecule has 3 atom stereocenters. The van der Waals surface area contributed by atoms with Gasteiger partial charge in [0.15, 0.2) is 0 Å². The van der Waals surface area contributed by atoms with Crippen molar-refractivity contribution >= 4 is 12.6 Å². The number of nitrogens with zero attached hydrogens (tertiary/aromatic N) is 1. The minimum absolute atomic E-state index is 0.0641. The quantitative estimate of drug-likeness (QED) is 0.455. The van der Waals surface area contributed by atoms with Crippen LogP contribution in [-0.4, -0.2) is 5.11 Å². The van der Waals surface area contributed by atoms with Crippen LogP contribution in [0.5, 0.6) is 5.75 Å². The van der Waals surface area contributed by atoms with Crippen molar-refractivity contribution in [3.8, 4) is 11.8 Å². The molecule has 2 aromatic carbocycles. The molecule has 1 N–H and O–H groups in total. The molecule has 0 saturated carbocycles. The van der Waals surface area contributed by atoms with Crippen LogP contribution in [0.25, 0.3) is 0 Å². The maximum absolute atomic E-state index is 11.0. The monoisotopic (exact) mass is 435 g/mol. The molecule has 0 heterocycles. The Hall–Kier alpha value is -1.92. The van der Waals surface area contributed by atoms with E-state index < -0.39 is 0 Å². The molecule has 0 radical (unpaired) electrons. The minimum atomic E-state index is -0.188. The second-order valence-electron chi connectivity index (χ2n) is 11.5. The molecule has 31 heavy (non-hydrogen) atoms. The molecule has 3 rings (SSSR count). The Morgan fingerprint density at radius 3 is 2.10 bits per heavy atom. The number of hydrogen-bond acceptors (Lipinski definition) is 3. The van der Waals surface area contributed by atoms with Crippen LogP contribution in [0.4, 0.5) is 0 Å². The average Bonchev–Trinajstić information content (AvgIpc) is 2.62. The number of benzene rings is 2. The summed E-state index contributed by atoms with van der Waals surface area (Å²) in [6.07, 6.45) is 0.762. The molecule has 0 unspecified atom stereocenters. The largest absolute Gasteiger partial charge is 0.508 e. The highest BCUT2D eigenvalue weighted by Crippen LogP contribution is 2.55. The summed E-state index contributed by atoms with van der Waals surface area (Å²) in [5, 5.41) is 21.4. The van der Waals surface area contributed by atoms with E-state index in [1.165, 1.54) is 27.8 Å². The van der Waals surface area contributed by atoms with Gasteiger partial charge in [-0.3, -0.25) is 0 Å². The van der Waals surface area contributed by atoms with Crippen molar-refractivity contribution < 1.29 is 5.11 Å². The van der Waals surface area contributed by atoms with Gasteiger partial charge in [0.1, 0.15) is 5.75 Å². The van der Waals surface area contributed by atoms with E-state index in [4.69, 9.17) is 12.6 Å². The van der Waals surface area contributed by atoms with Gasteiger partial charge in [0, 0.05) is 22.3 Å². The van der Waals surface area contributed by atoms with E-state index in [-0.39, 0.29) is 28.6 Å². The van der Waals surface area contributed by atoms with Crippen molar-refractivity contribution in [2.75, 3.05) is 0 Å². The number of aromatic hydroxyl groups is 1. The molecule has 2 aromatic rings. The molecular formula is C28H37NOS. The van der Waals surface area contributed by atoms with E-state index in [1.54, 1.807) is 0 Å². The lowest BCUT2D eigenvalue weighted by Gasteiger charge is -2.45. The Balaban J connectivity index is 2.38. The van der Waals surface area contributed by atoms with Gasteiger partial charge in [-0.15, -0.1) is 12.6 Å². The van der Waals surface area contributed by atoms with Crippen molar-refractivity contribution in [1.82, 2.24) is 0 Å². The zero-order valence-electron chi connectivity index (χ0n) is 20.5. The van der Waals surface area contributed by atoms with Gasteiger partial charge in [0.2, 0.25) is 0 Å². The number of nitriles is 1. The number of phenolic OH excluding ortho intramolecular Hbond substituents is 1. The van der Waals surface area contributed by atoms with Gasteiger partial charge in [0.05, 0.1) is 12.0 Å². The van der Waals surface area contributed by atoms with E-state index in [0.29, 0.717) is 5.75 Å². The van der Waals surface area contributed by atoms with Gasteiger partial charge in [-0.05, 0) is 83.5 Å². The molecule has 0 aromatic heterocycles. The highest BCUT2D eigenvalue weighted by atomic mass is 32.1. The first-order valence-corrected chi connectivity index (χ1v) is 11.7. The zero-order chi connectivity index (χ0) is 23.5. The van der Waals surface area contributed by atoms with Gasteiger partial charge in [-0.25, -0.2) is 0 Å². The standard InChI is InChI=1S/C28H37NOS/c1-15-10-18(12-23(31)17(15)3)19-13-20-24(26(21(19)14-29)28(7,8)9)16(2)11-22(30)25(20)27(4,5)6/h10-12,19,21,26,30-31H,13H2,1-9H3/t19-,21+,26+/m0/s1. The topological polar surface area (TPSA) is 44.0 Å². The molecular weight excluding hydrogens is 398 g/mol. The number of hydrogen-bond donors (Lipinski definition) is 2. The van der Waals surface area contributed by atoms with Crippen LogP contribution < -0.4 is 0 Å². The predicted molar refractivity (Wildman–Crippen MR) is 132 cm³/mol. The first kappa shape index (κ1) is 23.7. The average molecular weight is 436 g/mol. The second kappa shape index (κ2) is 7.89. The normalized spacial score (nSPS) is 21.5. The van der Waals surface area contributed by atoms with Gasteiger partial charge in [0.25, 0.3) is 0 Å². The lowest BCUT2D eigenvalue weighted by Crippen LogP contribution is -2.37. The van der Waals surface area contributed by atoms with E-state index in [2.05, 4.69) is 80.5 Å². The van der Waals surface area contributed by atoms with Crippen LogP contribution >= 0.6 is 12.6 Å². The van der Waals surface area contributed by atoms with Crippen LogP contribution in [0, 0.1) is 43.4 Å². The van der Waals surface area contributed by atoms with Crippen molar-refractivity contribution in [1.29, 1.82) is 5.26 Å². The molecule has 1 aliphatic rings. The van der Waals surface area contributed by atoms with Gasteiger partial charge < -0.3 is 5.11 Å². The van der Waals surface area contributed by atoms with Crippen molar-refractivity contribution in [2.24, 2.45) is 11.3 Å². The number of fused-ring (bicyclic) bond motifs is 1. The Kier molecular flexibility index (Phi) is 6.04. The second-order valence-corrected chi connectivity index (χ2v) is 12.0. The molecule has 0 amide bonds. The van der Waals surface area contributed by atoms with Crippen molar-refractivity contribution in [3.63, 3.8) is 0 Å². The highest BCUT2D eigenvalue weighted by molar-refractivity contribution is 7.80. The fourth-order valence-corrected chi connectivity index (χ4v) is 5.99. The Morgan fingerprint density at radius 2 is 1.61 bits per heavy atom. The molecule has 0 bridgehead atoms. The number of aryl methyl sites for hydroxylation is 2. The maximum atomic E-state index is 11.0. The molecule has 2 nitrogen and oxygen atoms in total. The smallest absolute Gasteiger partial charge is 0.119 e. The Morgan fingerprint density at radius 1 is 1.00 bits per heavy atom. The molecule has 0 aliphatic heterocycles. The van der Waals surface area contributed by atoms with E-state index in [9.17, 15) is 10.4 Å². The SMILES string of the molecule is Cc1cc([C@@H]2Cc3c(c(C)cc(O)c3C(C)(C)C)[C@H](C(C)(C)C)[C@@H]2C#N)cc(S)c1C. The maximum Gasteiger partial charge on any atom is 0.119 e. The summed E-state index contributed by atoms with van der Waals surface area (Å²) in [6.45, 7) is 19.5. The van der Waals surface area contributed by atoms with Gasteiger partial charge >= 0.3 is 0 Å². The summed E-state index contributed by atoms with van der Waals surface area (Å²) < 4.78 is 0. The number of thiol groups is 1. The van der Waals surface area contributed by atoms with E-state index in [1.807, 2.05) is 6.07 Å². The molecule has 1 aliphatic carbocycles. The van der Waals surface area contributed by atoms with Crippen LogP contribution in [0.2, 0.25) is 0 Å². The summed E-state index contributed by atoms with van der Waals surface area (Å²) in [5.41, 5.74) is 7.93. The zero-order valence-corrected chi connectivity index (χ0v) is 21.4. The molecule has 0 saturated heterocycles. The Labute approximate surface area is 194 Å². The molecule has 0 fully saturated rings. The van der Waals surface area contributed by atoms with Crippen LogP contribution in [-0.2, 0) is 11.8 Å². The minimum Gasteiger partial charge on any atom is -0.508 e. The van der Waals surface area contributed by atoms with Crippen molar-refractivity contribution in [2.45, 2.75) is 90.9 Å². The predicted octanol–water partition coefficient (Wildman–Crippen LogP) is 7.51. The van der Waals surface area contributed by atoms with Gasteiger partial charge in [-0.2, -0.15) is 5.26 Å². The van der Waals surface area contributed by atoms with Crippen LogP contribution in [0.3, 0.4) is 0 Å². The first-order valence-electron chi connectivity index (χ1n) is 11.2. The molecule has 0 spiro atoms. The first-order chi connectivity index (χ1) is 14.2. The number of rotatable bonds is 1. The van der Waals surface area contributed by atoms with Crippen molar-refractivity contribution in [3.05, 3.63) is 57.1 Å². The lowest BCUT2D eigenvalue weighted by molar-refractivity contribution is 0.227. The van der Waals surface area contributed by atoms with E-state index >= 15 is 0 Å². The van der Waals surface area contributed by atoms with Crippen LogP contribution in [0.15, 0.2) is 23.1 Å². The third-order valence-corrected chi connectivity index (χ3v) is 7.58. The fraction of sp³-hybridized carbons (Fsp3) is 0.536. The van der Waals surface area contributed by atoms with Crippen LogP contribution in [0.1, 0.15) is 92.3 Å². The Bertz CT molecular complexity index is 1040. The third kappa shape index (κ3) is 4.12. The third-order valence-electron chi connectivity index (χ3n) is 7.11.